The summed E-state index contributed by atoms with van der Waals surface area (Å²) in [6.45, 7) is 0. The molecule has 0 amide bonds. The first-order chi connectivity index (χ1) is 13.9. The fourth-order valence-electron chi connectivity index (χ4n) is 1.67. The van der Waals surface area contributed by atoms with Gasteiger partial charge >= 0.3 is 0 Å². The molecule has 2 aromatic heterocycles. The van der Waals surface area contributed by atoms with Crippen LogP contribution in [0.3, 0.4) is 0 Å². The zero-order valence-electron chi connectivity index (χ0n) is 12.8. The van der Waals surface area contributed by atoms with Crippen LogP contribution in [0.15, 0.2) is 48.8 Å². The second-order valence-corrected chi connectivity index (χ2v) is 16.4. The summed E-state index contributed by atoms with van der Waals surface area (Å²) in [6.07, 6.45) is 0. The summed E-state index contributed by atoms with van der Waals surface area (Å²) in [7, 11) is 20.3. The van der Waals surface area contributed by atoms with Gasteiger partial charge in [-0.05, 0) is 85.7 Å². The Morgan fingerprint density at radius 2 is 0.733 bits per heavy atom. The van der Waals surface area contributed by atoms with Crippen LogP contribution in [0, 0.1) is 0 Å². The van der Waals surface area contributed by atoms with Gasteiger partial charge in [0.15, 0.2) is 70.3 Å². The highest BCUT2D eigenvalue weighted by molar-refractivity contribution is 8.76. The molecular weight excluding hydrogens is 693 g/mol. The van der Waals surface area contributed by atoms with Crippen LogP contribution in [-0.4, -0.2) is 25.3 Å². The zero-order valence-corrected chi connectivity index (χ0v) is 23.9. The average Bonchev–Trinajstić information content (AvgIpc) is 3.19. The van der Waals surface area contributed by atoms with Crippen molar-refractivity contribution in [2.75, 3.05) is 0 Å². The smallest absolute Gasteiger partial charge is 0.226 e. The molecule has 6 atom stereocenters. The van der Waals surface area contributed by atoms with E-state index in [0.29, 0.717) is 21.6 Å². The van der Waals surface area contributed by atoms with Gasteiger partial charge in [-0.3, -0.25) is 0 Å². The largest absolute Gasteiger partial charge is 0.436 e. The third kappa shape index (κ3) is 6.31. The molecule has 6 unspecified atom stereocenters. The van der Waals surface area contributed by atoms with Gasteiger partial charge in [-0.2, -0.15) is 0 Å². The van der Waals surface area contributed by atoms with Crippen molar-refractivity contribution in [3.63, 3.8) is 0 Å². The summed E-state index contributed by atoms with van der Waals surface area (Å²) in [5, 5.41) is -1.71. The van der Waals surface area contributed by atoms with Gasteiger partial charge in [-0.25, -0.2) is 25.3 Å². The standard InChI is InChI=1S/C8Cl6O8S8/c9-25(15)1-3(27(11)17)7(29(13)19)21-5(1)23-24-6-2(26(10)16)4(28(12)18)8(22-6)30(14)20. The van der Waals surface area contributed by atoms with Crippen molar-refractivity contribution in [1.29, 1.82) is 0 Å². The first kappa shape index (κ1) is 28.1. The Hall–Kier alpha value is 1.90. The maximum Gasteiger partial charge on any atom is 0.226 e. The predicted octanol–water partition coefficient (Wildman–Crippen LogP) is 5.24. The molecule has 2 heterocycles. The molecule has 30 heavy (non-hydrogen) atoms. The SMILES string of the molecule is O=S(Cl)c1oc(SSc2oc(S(=O)Cl)c(S(=O)Cl)c2S(=O)Cl)c(S(=O)Cl)c1S(=O)Cl. The van der Waals surface area contributed by atoms with Crippen molar-refractivity contribution in [2.45, 2.75) is 40.0 Å². The fourth-order valence-corrected chi connectivity index (χ4v) is 13.0. The second kappa shape index (κ2) is 12.0. The second-order valence-electron chi connectivity index (χ2n) is 4.18. The Morgan fingerprint density at radius 1 is 0.467 bits per heavy atom. The summed E-state index contributed by atoms with van der Waals surface area (Å²) >= 11 is 0. The van der Waals surface area contributed by atoms with Gasteiger partial charge in [-0.1, -0.05) is 0 Å². The number of halogens is 6. The summed E-state index contributed by atoms with van der Waals surface area (Å²) in [5.74, 6) is 0. The lowest BCUT2D eigenvalue weighted by atomic mass is 10.6. The molecule has 22 heteroatoms. The number of furan rings is 2. The van der Waals surface area contributed by atoms with Crippen LogP contribution in [0.25, 0.3) is 0 Å². The van der Waals surface area contributed by atoms with Crippen molar-refractivity contribution in [3.05, 3.63) is 0 Å². The van der Waals surface area contributed by atoms with Crippen molar-refractivity contribution >= 4 is 146 Å². The molecule has 0 fully saturated rings. The number of hydrogen-bond acceptors (Lipinski definition) is 10. The van der Waals surface area contributed by atoms with E-state index in [1.165, 1.54) is 0 Å². The van der Waals surface area contributed by atoms with Gasteiger partial charge in [0.25, 0.3) is 0 Å². The molecule has 2 aromatic rings. The monoisotopic (exact) mass is 690 g/mol. The highest BCUT2D eigenvalue weighted by atomic mass is 35.7. The fraction of sp³-hybridized carbons (Fsp3) is 0. The molecule has 0 N–H and O–H groups in total. The molecule has 0 aliphatic heterocycles. The minimum atomic E-state index is -2.35. The topological polar surface area (TPSA) is 129 Å². The normalized spacial score (nSPS) is 17.9. The highest BCUT2D eigenvalue weighted by Gasteiger charge is 2.34. The number of hydrogen-bond donors (Lipinski definition) is 0. The quantitative estimate of drug-likeness (QED) is 0.254. The van der Waals surface area contributed by atoms with E-state index in [2.05, 4.69) is 0 Å². The Kier molecular flexibility index (Phi) is 11.3. The van der Waals surface area contributed by atoms with Gasteiger partial charge in [0, 0.05) is 0 Å². The van der Waals surface area contributed by atoms with E-state index in [1.807, 2.05) is 0 Å². The number of rotatable bonds is 9. The van der Waals surface area contributed by atoms with Crippen LogP contribution in [-0.2, 0) is 60.1 Å². The summed E-state index contributed by atoms with van der Waals surface area (Å²) in [4.78, 5) is -1.66. The first-order valence-corrected chi connectivity index (χ1v) is 20.0. The lowest BCUT2D eigenvalue weighted by Gasteiger charge is -1.99. The van der Waals surface area contributed by atoms with Crippen LogP contribution >= 0.6 is 85.7 Å². The van der Waals surface area contributed by atoms with Crippen molar-refractivity contribution in [2.24, 2.45) is 0 Å². The van der Waals surface area contributed by atoms with Crippen molar-refractivity contribution in [3.8, 4) is 0 Å². The Balaban J connectivity index is 2.60. The minimum absolute atomic E-state index is 0.300. The van der Waals surface area contributed by atoms with E-state index in [-0.39, 0.29) is 20.0 Å². The van der Waals surface area contributed by atoms with Crippen LogP contribution in [0.2, 0.25) is 0 Å². The van der Waals surface area contributed by atoms with E-state index in [9.17, 15) is 25.3 Å². The van der Waals surface area contributed by atoms with Gasteiger partial charge in [0.05, 0.1) is 0 Å². The molecule has 170 valence electrons. The minimum Gasteiger partial charge on any atom is -0.436 e. The third-order valence-corrected chi connectivity index (χ3v) is 12.2. The summed E-state index contributed by atoms with van der Waals surface area (Å²) in [6, 6.07) is 0. The van der Waals surface area contributed by atoms with Crippen molar-refractivity contribution in [1.82, 2.24) is 0 Å². The van der Waals surface area contributed by atoms with Gasteiger partial charge in [0.2, 0.25) is 10.2 Å². The Bertz CT molecular complexity index is 1050. The zero-order chi connectivity index (χ0) is 22.9. The van der Waals surface area contributed by atoms with Crippen LogP contribution in [0.4, 0.5) is 0 Å². The third-order valence-electron chi connectivity index (χ3n) is 2.65. The van der Waals surface area contributed by atoms with Crippen LogP contribution in [0.1, 0.15) is 0 Å². The maximum atomic E-state index is 11.9. The van der Waals surface area contributed by atoms with Gasteiger partial charge in [-0.15, -0.1) is 0 Å². The van der Waals surface area contributed by atoms with Crippen LogP contribution < -0.4 is 0 Å². The molecule has 0 saturated heterocycles. The highest BCUT2D eigenvalue weighted by Crippen LogP contribution is 2.50. The van der Waals surface area contributed by atoms with E-state index in [1.54, 1.807) is 0 Å². The molecule has 0 bridgehead atoms. The molecule has 0 aliphatic carbocycles. The molecule has 2 rings (SSSR count). The molecule has 8 nitrogen and oxygen atoms in total. The molecular formula is C8Cl6O8S8. The summed E-state index contributed by atoms with van der Waals surface area (Å²) < 4.78 is 81.0. The molecule has 0 aromatic carbocycles. The predicted molar refractivity (Wildman–Crippen MR) is 123 cm³/mol. The Labute approximate surface area is 217 Å². The molecule has 0 saturated carbocycles. The average molecular weight is 693 g/mol. The molecule has 0 radical (unpaired) electrons. The molecule has 0 spiro atoms. The van der Waals surface area contributed by atoms with Gasteiger partial charge in [0.1, 0.15) is 19.6 Å². The summed E-state index contributed by atoms with van der Waals surface area (Å²) in [5.41, 5.74) is 0. The van der Waals surface area contributed by atoms with E-state index in [0.717, 1.165) is 0 Å². The van der Waals surface area contributed by atoms with Crippen LogP contribution in [0.5, 0.6) is 0 Å². The lowest BCUT2D eigenvalue weighted by molar-refractivity contribution is 0.378. The maximum absolute atomic E-state index is 11.9. The van der Waals surface area contributed by atoms with E-state index >= 15 is 0 Å². The first-order valence-electron chi connectivity index (χ1n) is 6.04. The van der Waals surface area contributed by atoms with E-state index < -0.39 is 80.1 Å². The van der Waals surface area contributed by atoms with E-state index in [4.69, 9.17) is 72.9 Å². The Morgan fingerprint density at radius 3 is 0.933 bits per heavy atom. The van der Waals surface area contributed by atoms with Gasteiger partial charge < -0.3 is 8.83 Å². The molecule has 0 aliphatic rings. The lowest BCUT2D eigenvalue weighted by Crippen LogP contribution is -1.93. The van der Waals surface area contributed by atoms with Crippen molar-refractivity contribution < 1.29 is 34.1 Å².